The van der Waals surface area contributed by atoms with Crippen LogP contribution in [0.1, 0.15) is 0 Å². The third-order valence-electron chi connectivity index (χ3n) is 0.516. The van der Waals surface area contributed by atoms with Crippen LogP contribution >= 0.6 is 8.58 Å². The maximum Gasteiger partial charge on any atom is 0.124 e. The molecule has 0 aromatic rings. The van der Waals surface area contributed by atoms with Gasteiger partial charge in [-0.05, 0) is 6.16 Å². The molecule has 1 unspecified atom stereocenters. The van der Waals surface area contributed by atoms with E-state index in [4.69, 9.17) is 5.11 Å². The maximum absolute atomic E-state index is 9.60. The van der Waals surface area contributed by atoms with Crippen LogP contribution in [0.3, 0.4) is 0 Å². The van der Waals surface area contributed by atoms with E-state index in [1.165, 1.54) is 0 Å². The number of carbonyl (C=O) groups is 1. The number of carbonyl (C=O) groups excluding carboxylic acids is 1. The minimum Gasteiger partial charge on any atom is -0.396 e. The van der Waals surface area contributed by atoms with Gasteiger partial charge in [-0.2, -0.15) is 0 Å². The standard InChI is InChI=1S/C4H9O2P/c5-1-3-7-4-2-6/h1,6-7H,2-4H2. The van der Waals surface area contributed by atoms with E-state index in [9.17, 15) is 4.79 Å². The molecule has 0 radical (unpaired) electrons. The molecule has 2 nitrogen and oxygen atoms in total. The van der Waals surface area contributed by atoms with E-state index < -0.39 is 0 Å². The van der Waals surface area contributed by atoms with Crippen molar-refractivity contribution in [3.8, 4) is 0 Å². The van der Waals surface area contributed by atoms with Gasteiger partial charge in [0.05, 0.1) is 0 Å². The largest absolute Gasteiger partial charge is 0.396 e. The predicted molar refractivity (Wildman–Crippen MR) is 31.2 cm³/mol. The second-order valence-corrected chi connectivity index (χ2v) is 2.50. The summed E-state index contributed by atoms with van der Waals surface area (Å²) in [5, 5.41) is 8.18. The molecule has 0 rings (SSSR count). The summed E-state index contributed by atoms with van der Waals surface area (Å²) in [6.07, 6.45) is 2.27. The van der Waals surface area contributed by atoms with E-state index in [1.54, 1.807) is 0 Å². The Morgan fingerprint density at radius 3 is 2.86 bits per heavy atom. The third kappa shape index (κ3) is 6.06. The summed E-state index contributed by atoms with van der Waals surface area (Å²) in [6, 6.07) is 0. The van der Waals surface area contributed by atoms with Gasteiger partial charge in [0.1, 0.15) is 6.29 Å². The Bertz CT molecular complexity index is 47.0. The molecule has 42 valence electrons. The number of aliphatic hydroxyl groups excluding tert-OH is 1. The van der Waals surface area contributed by atoms with Gasteiger partial charge in [-0.1, -0.05) is 0 Å². The predicted octanol–water partition coefficient (Wildman–Crippen LogP) is -0.144. The topological polar surface area (TPSA) is 37.3 Å². The van der Waals surface area contributed by atoms with Gasteiger partial charge in [-0.15, -0.1) is 8.58 Å². The van der Waals surface area contributed by atoms with Gasteiger partial charge < -0.3 is 9.90 Å². The van der Waals surface area contributed by atoms with Crippen LogP contribution in [0.25, 0.3) is 0 Å². The molecule has 1 atom stereocenters. The summed E-state index contributed by atoms with van der Waals surface area (Å²) in [6.45, 7) is 0.215. The quantitative estimate of drug-likeness (QED) is 0.318. The van der Waals surface area contributed by atoms with Crippen molar-refractivity contribution in [3.63, 3.8) is 0 Å². The molecule has 0 fully saturated rings. The molecule has 0 aliphatic heterocycles. The smallest absolute Gasteiger partial charge is 0.124 e. The van der Waals surface area contributed by atoms with Crippen LogP contribution in [-0.2, 0) is 4.79 Å². The van der Waals surface area contributed by atoms with E-state index in [0.29, 0.717) is 14.7 Å². The number of aldehydes is 1. The monoisotopic (exact) mass is 120 g/mol. The molecule has 0 spiro atoms. The molecule has 0 saturated heterocycles. The molecule has 0 aromatic heterocycles. The van der Waals surface area contributed by atoms with Crippen molar-refractivity contribution in [1.29, 1.82) is 0 Å². The normalized spacial score (nSPS) is 10.4. The van der Waals surface area contributed by atoms with Gasteiger partial charge in [0, 0.05) is 12.8 Å². The van der Waals surface area contributed by atoms with Gasteiger partial charge in [0.2, 0.25) is 0 Å². The van der Waals surface area contributed by atoms with Gasteiger partial charge in [-0.3, -0.25) is 0 Å². The Kier molecular flexibility index (Phi) is 6.11. The summed E-state index contributed by atoms with van der Waals surface area (Å²) in [7, 11) is 0.614. The van der Waals surface area contributed by atoms with Crippen LogP contribution in [0.2, 0.25) is 0 Å². The Hall–Kier alpha value is 0.0600. The van der Waals surface area contributed by atoms with Crippen LogP contribution in [0.5, 0.6) is 0 Å². The molecule has 0 heterocycles. The number of hydrogen-bond donors (Lipinski definition) is 1. The molecule has 0 amide bonds. The first-order valence-corrected chi connectivity index (χ1v) is 3.58. The van der Waals surface area contributed by atoms with Crippen LogP contribution in [0.15, 0.2) is 0 Å². The fourth-order valence-electron chi connectivity index (χ4n) is 0.240. The van der Waals surface area contributed by atoms with E-state index in [-0.39, 0.29) is 6.61 Å². The van der Waals surface area contributed by atoms with Gasteiger partial charge in [-0.25, -0.2) is 0 Å². The van der Waals surface area contributed by atoms with E-state index in [1.807, 2.05) is 0 Å². The zero-order chi connectivity index (χ0) is 5.54. The highest BCUT2D eigenvalue weighted by Gasteiger charge is 1.80. The van der Waals surface area contributed by atoms with Crippen molar-refractivity contribution < 1.29 is 9.90 Å². The molecule has 7 heavy (non-hydrogen) atoms. The van der Waals surface area contributed by atoms with Crippen LogP contribution in [0.4, 0.5) is 0 Å². The third-order valence-corrected chi connectivity index (χ3v) is 1.55. The molecule has 1 N–H and O–H groups in total. The number of hydrogen-bond acceptors (Lipinski definition) is 2. The molecule has 0 saturated carbocycles. The van der Waals surface area contributed by atoms with Crippen molar-refractivity contribution in [2.75, 3.05) is 18.9 Å². The van der Waals surface area contributed by atoms with Crippen molar-refractivity contribution >= 4 is 14.9 Å². The molecular formula is C4H9O2P. The second kappa shape index (κ2) is 6.06. The second-order valence-electron chi connectivity index (χ2n) is 1.09. The van der Waals surface area contributed by atoms with Gasteiger partial charge >= 0.3 is 0 Å². The summed E-state index contributed by atoms with van der Waals surface area (Å²) < 4.78 is 0. The van der Waals surface area contributed by atoms with E-state index >= 15 is 0 Å². The van der Waals surface area contributed by atoms with Crippen molar-refractivity contribution in [1.82, 2.24) is 0 Å². The highest BCUT2D eigenvalue weighted by molar-refractivity contribution is 7.39. The molecule has 0 aromatic carbocycles. The molecular weight excluding hydrogens is 111 g/mol. The Labute approximate surface area is 44.7 Å². The van der Waals surface area contributed by atoms with Crippen LogP contribution in [-0.4, -0.2) is 30.3 Å². The fourth-order valence-corrected chi connectivity index (χ4v) is 0.720. The summed E-state index contributed by atoms with van der Waals surface area (Å²) in [4.78, 5) is 9.60. The first kappa shape index (κ1) is 7.06. The molecule has 0 aliphatic rings. The molecule has 0 aliphatic carbocycles. The summed E-state index contributed by atoms with van der Waals surface area (Å²) in [5.74, 6) is 0. The average molecular weight is 120 g/mol. The Balaban J connectivity index is 2.56. The highest BCUT2D eigenvalue weighted by Crippen LogP contribution is 2.03. The van der Waals surface area contributed by atoms with Crippen LogP contribution in [0, 0.1) is 0 Å². The minimum atomic E-state index is 0.215. The lowest BCUT2D eigenvalue weighted by molar-refractivity contribution is -0.105. The Morgan fingerprint density at radius 2 is 2.43 bits per heavy atom. The summed E-state index contributed by atoms with van der Waals surface area (Å²) >= 11 is 0. The average Bonchev–Trinajstić information content (AvgIpc) is 1.69. The lowest BCUT2D eigenvalue weighted by Crippen LogP contribution is -1.85. The minimum absolute atomic E-state index is 0.215. The van der Waals surface area contributed by atoms with Gasteiger partial charge in [0.25, 0.3) is 0 Å². The van der Waals surface area contributed by atoms with Crippen LogP contribution < -0.4 is 0 Å². The first-order valence-electron chi connectivity index (χ1n) is 2.17. The van der Waals surface area contributed by atoms with Crippen molar-refractivity contribution in [2.24, 2.45) is 0 Å². The SMILES string of the molecule is O=CCPCCO. The van der Waals surface area contributed by atoms with Gasteiger partial charge in [0.15, 0.2) is 0 Å². The van der Waals surface area contributed by atoms with Crippen molar-refractivity contribution in [3.05, 3.63) is 0 Å². The van der Waals surface area contributed by atoms with Crippen molar-refractivity contribution in [2.45, 2.75) is 0 Å². The molecule has 3 heteroatoms. The molecule has 0 bridgehead atoms. The first-order chi connectivity index (χ1) is 3.41. The number of rotatable bonds is 4. The Morgan fingerprint density at radius 1 is 1.71 bits per heavy atom. The number of aliphatic hydroxyl groups is 1. The zero-order valence-corrected chi connectivity index (χ0v) is 5.05. The summed E-state index contributed by atoms with van der Waals surface area (Å²) in [5.41, 5.74) is 0. The van der Waals surface area contributed by atoms with E-state index in [2.05, 4.69) is 0 Å². The highest BCUT2D eigenvalue weighted by atomic mass is 31.1. The maximum atomic E-state index is 9.60. The van der Waals surface area contributed by atoms with E-state index in [0.717, 1.165) is 12.4 Å². The lowest BCUT2D eigenvalue weighted by Gasteiger charge is -1.86. The lowest BCUT2D eigenvalue weighted by atomic mass is 10.9. The fraction of sp³-hybridized carbons (Fsp3) is 0.750. The zero-order valence-electron chi connectivity index (χ0n) is 4.05.